The molecule has 0 saturated carbocycles. The van der Waals surface area contributed by atoms with Gasteiger partial charge in [0.25, 0.3) is 5.91 Å². The van der Waals surface area contributed by atoms with E-state index in [-0.39, 0.29) is 11.5 Å². The molecule has 1 fully saturated rings. The van der Waals surface area contributed by atoms with Gasteiger partial charge in [0, 0.05) is 17.6 Å². The standard InChI is InChI=1S/C19H15ClN2O4S/c1-22-17(23)16(10-12-9-13(20)5-8-15(12)26-2)27-19(22)21-14-6-3-11(4-7-14)18(24)25/h3-10H,1-2H3,(H,24,25)/b16-10+,21-19?. The van der Waals surface area contributed by atoms with Crippen LogP contribution in [-0.4, -0.2) is 41.2 Å². The Bertz CT molecular complexity index is 970. The summed E-state index contributed by atoms with van der Waals surface area (Å²) in [7, 11) is 3.19. The monoisotopic (exact) mass is 402 g/mol. The fourth-order valence-corrected chi connectivity index (χ4v) is 3.56. The number of likely N-dealkylation sites (N-methyl/N-ethyl adjacent to an activating group) is 1. The highest BCUT2D eigenvalue weighted by Gasteiger charge is 2.30. The number of aliphatic imine (C=N–C) groups is 1. The molecular weight excluding hydrogens is 388 g/mol. The predicted octanol–water partition coefficient (Wildman–Crippen LogP) is 4.28. The van der Waals surface area contributed by atoms with E-state index in [1.807, 2.05) is 0 Å². The third-order valence-electron chi connectivity index (χ3n) is 3.82. The molecule has 1 aliphatic heterocycles. The van der Waals surface area contributed by atoms with Gasteiger partial charge in [-0.3, -0.25) is 9.69 Å². The summed E-state index contributed by atoms with van der Waals surface area (Å²) in [6, 6.07) is 11.3. The van der Waals surface area contributed by atoms with E-state index in [0.29, 0.717) is 32.1 Å². The highest BCUT2D eigenvalue weighted by atomic mass is 35.5. The van der Waals surface area contributed by atoms with Crippen LogP contribution < -0.4 is 4.74 Å². The van der Waals surface area contributed by atoms with Gasteiger partial charge in [0.15, 0.2) is 5.17 Å². The second-order valence-electron chi connectivity index (χ2n) is 5.61. The van der Waals surface area contributed by atoms with Gasteiger partial charge in [-0.15, -0.1) is 0 Å². The molecule has 0 bridgehead atoms. The number of carboxylic acid groups (broad SMARTS) is 1. The lowest BCUT2D eigenvalue weighted by molar-refractivity contribution is -0.121. The maximum absolute atomic E-state index is 12.5. The lowest BCUT2D eigenvalue weighted by atomic mass is 10.2. The summed E-state index contributed by atoms with van der Waals surface area (Å²) in [5.74, 6) is -0.585. The number of carbonyl (C=O) groups excluding carboxylic acids is 1. The Labute approximate surface area is 165 Å². The van der Waals surface area contributed by atoms with Gasteiger partial charge < -0.3 is 9.84 Å². The van der Waals surface area contributed by atoms with Gasteiger partial charge in [-0.2, -0.15) is 0 Å². The number of carboxylic acids is 1. The molecule has 0 unspecified atom stereocenters. The summed E-state index contributed by atoms with van der Waals surface area (Å²) in [4.78, 5) is 29.8. The number of rotatable bonds is 4. The summed E-state index contributed by atoms with van der Waals surface area (Å²) in [5, 5.41) is 9.99. The molecule has 6 nitrogen and oxygen atoms in total. The van der Waals surface area contributed by atoms with E-state index in [9.17, 15) is 9.59 Å². The molecule has 1 amide bonds. The zero-order chi connectivity index (χ0) is 19.6. The Morgan fingerprint density at radius 1 is 1.26 bits per heavy atom. The van der Waals surface area contributed by atoms with Crippen molar-refractivity contribution in [1.82, 2.24) is 4.90 Å². The van der Waals surface area contributed by atoms with E-state index in [0.717, 1.165) is 0 Å². The summed E-state index contributed by atoms with van der Waals surface area (Å²) >= 11 is 7.27. The molecule has 1 saturated heterocycles. The number of nitrogens with zero attached hydrogens (tertiary/aromatic N) is 2. The first-order chi connectivity index (χ1) is 12.9. The molecule has 0 radical (unpaired) electrons. The van der Waals surface area contributed by atoms with Crippen LogP contribution in [0.25, 0.3) is 6.08 Å². The van der Waals surface area contributed by atoms with Crippen LogP contribution in [0.3, 0.4) is 0 Å². The zero-order valence-electron chi connectivity index (χ0n) is 14.5. The fourth-order valence-electron chi connectivity index (χ4n) is 2.40. The van der Waals surface area contributed by atoms with Crippen molar-refractivity contribution in [2.75, 3.05) is 14.2 Å². The van der Waals surface area contributed by atoms with Gasteiger partial charge in [-0.05, 0) is 60.3 Å². The molecule has 138 valence electrons. The zero-order valence-corrected chi connectivity index (χ0v) is 16.0. The smallest absolute Gasteiger partial charge is 0.335 e. The van der Waals surface area contributed by atoms with Gasteiger partial charge in [-0.1, -0.05) is 11.6 Å². The minimum absolute atomic E-state index is 0.177. The third kappa shape index (κ3) is 4.15. The molecule has 27 heavy (non-hydrogen) atoms. The van der Waals surface area contributed by atoms with Gasteiger partial charge >= 0.3 is 5.97 Å². The van der Waals surface area contributed by atoms with Gasteiger partial charge in [0.2, 0.25) is 0 Å². The van der Waals surface area contributed by atoms with Gasteiger partial charge in [0.05, 0.1) is 23.3 Å². The Morgan fingerprint density at radius 2 is 1.96 bits per heavy atom. The Hall–Kier alpha value is -2.77. The summed E-state index contributed by atoms with van der Waals surface area (Å²) in [5.41, 5.74) is 1.43. The van der Waals surface area contributed by atoms with Crippen molar-refractivity contribution >= 4 is 52.2 Å². The number of carbonyl (C=O) groups is 2. The molecule has 8 heteroatoms. The minimum atomic E-state index is -1.00. The number of amides is 1. The summed E-state index contributed by atoms with van der Waals surface area (Å²) in [6.07, 6.45) is 1.71. The van der Waals surface area contributed by atoms with E-state index in [2.05, 4.69) is 4.99 Å². The number of benzene rings is 2. The van der Waals surface area contributed by atoms with Crippen molar-refractivity contribution < 1.29 is 19.4 Å². The molecule has 1 aliphatic rings. The quantitative estimate of drug-likeness (QED) is 0.772. The molecule has 1 heterocycles. The van der Waals surface area contributed by atoms with E-state index in [1.165, 1.54) is 28.8 Å². The number of hydrogen-bond acceptors (Lipinski definition) is 5. The summed E-state index contributed by atoms with van der Waals surface area (Å²) < 4.78 is 5.31. The van der Waals surface area contributed by atoms with Crippen molar-refractivity contribution in [3.63, 3.8) is 0 Å². The number of amidine groups is 1. The molecule has 0 aromatic heterocycles. The van der Waals surface area contributed by atoms with Crippen LogP contribution in [-0.2, 0) is 4.79 Å². The minimum Gasteiger partial charge on any atom is -0.496 e. The van der Waals surface area contributed by atoms with Crippen molar-refractivity contribution in [2.45, 2.75) is 0 Å². The van der Waals surface area contributed by atoms with Crippen molar-refractivity contribution in [2.24, 2.45) is 4.99 Å². The average molecular weight is 403 g/mol. The van der Waals surface area contributed by atoms with Crippen LogP contribution in [0.4, 0.5) is 5.69 Å². The second-order valence-corrected chi connectivity index (χ2v) is 7.05. The molecule has 2 aromatic carbocycles. The first kappa shape index (κ1) is 19.0. The van der Waals surface area contributed by atoms with E-state index in [1.54, 1.807) is 50.6 Å². The number of thioether (sulfide) groups is 1. The van der Waals surface area contributed by atoms with Crippen LogP contribution >= 0.6 is 23.4 Å². The highest BCUT2D eigenvalue weighted by molar-refractivity contribution is 8.18. The van der Waals surface area contributed by atoms with E-state index in [4.69, 9.17) is 21.4 Å². The third-order valence-corrected chi connectivity index (χ3v) is 5.12. The van der Waals surface area contributed by atoms with Crippen LogP contribution in [0.1, 0.15) is 15.9 Å². The number of aromatic carboxylic acids is 1. The van der Waals surface area contributed by atoms with Gasteiger partial charge in [-0.25, -0.2) is 9.79 Å². The SMILES string of the molecule is COc1ccc(Cl)cc1/C=C1/SC(=Nc2ccc(C(=O)O)cc2)N(C)C1=O. The number of methoxy groups -OCH3 is 1. The van der Waals surface area contributed by atoms with Crippen molar-refractivity contribution in [3.05, 3.63) is 63.5 Å². The maximum atomic E-state index is 12.5. The molecular formula is C19H15ClN2O4S. The number of hydrogen-bond donors (Lipinski definition) is 1. The Balaban J connectivity index is 1.91. The number of ether oxygens (including phenoxy) is 1. The first-order valence-corrected chi connectivity index (χ1v) is 9.01. The Kier molecular flexibility index (Phi) is 5.53. The van der Waals surface area contributed by atoms with Crippen LogP contribution in [0.5, 0.6) is 5.75 Å². The maximum Gasteiger partial charge on any atom is 0.335 e. The molecule has 0 spiro atoms. The van der Waals surface area contributed by atoms with Crippen LogP contribution in [0.15, 0.2) is 52.4 Å². The van der Waals surface area contributed by atoms with Crippen molar-refractivity contribution in [1.29, 1.82) is 0 Å². The average Bonchev–Trinajstić information content (AvgIpc) is 2.90. The second kappa shape index (κ2) is 7.85. The van der Waals surface area contributed by atoms with Crippen LogP contribution in [0, 0.1) is 0 Å². The largest absolute Gasteiger partial charge is 0.496 e. The molecule has 0 aliphatic carbocycles. The molecule has 0 atom stereocenters. The lowest BCUT2D eigenvalue weighted by Gasteiger charge is -2.07. The molecule has 2 aromatic rings. The summed E-state index contributed by atoms with van der Waals surface area (Å²) in [6.45, 7) is 0. The first-order valence-electron chi connectivity index (χ1n) is 7.82. The highest BCUT2D eigenvalue weighted by Crippen LogP contribution is 2.35. The normalized spacial score (nSPS) is 17.0. The van der Waals surface area contributed by atoms with E-state index >= 15 is 0 Å². The van der Waals surface area contributed by atoms with Crippen molar-refractivity contribution in [3.8, 4) is 5.75 Å². The molecule has 3 rings (SSSR count). The Morgan fingerprint density at radius 3 is 2.59 bits per heavy atom. The van der Waals surface area contributed by atoms with Gasteiger partial charge in [0.1, 0.15) is 5.75 Å². The lowest BCUT2D eigenvalue weighted by Crippen LogP contribution is -2.23. The fraction of sp³-hybridized carbons (Fsp3) is 0.105. The predicted molar refractivity (Wildman–Crippen MR) is 107 cm³/mol. The molecule has 1 N–H and O–H groups in total. The van der Waals surface area contributed by atoms with E-state index < -0.39 is 5.97 Å². The number of halogens is 1. The van der Waals surface area contributed by atoms with Crippen LogP contribution in [0.2, 0.25) is 5.02 Å². The topological polar surface area (TPSA) is 79.2 Å².